The molecular formula is C22H17N3OS. The Morgan fingerprint density at radius 2 is 1.78 bits per heavy atom. The normalized spacial score (nSPS) is 15.6. The largest absolute Gasteiger partial charge is 0.325 e. The van der Waals surface area contributed by atoms with Crippen LogP contribution in [0.5, 0.6) is 0 Å². The van der Waals surface area contributed by atoms with Crippen LogP contribution in [0.4, 0.5) is 5.69 Å². The van der Waals surface area contributed by atoms with Crippen molar-refractivity contribution in [3.63, 3.8) is 0 Å². The quantitative estimate of drug-likeness (QED) is 0.569. The number of carbonyl (C=O) groups excluding carboxylic acids is 1. The Labute approximate surface area is 161 Å². The number of aromatic nitrogens is 2. The summed E-state index contributed by atoms with van der Waals surface area (Å²) in [5.41, 5.74) is 5.11. The molecule has 0 saturated carbocycles. The molecule has 2 heterocycles. The van der Waals surface area contributed by atoms with Crippen molar-refractivity contribution in [2.45, 2.75) is 16.6 Å². The molecule has 1 aromatic heterocycles. The lowest BCUT2D eigenvalue weighted by Crippen LogP contribution is -2.24. The van der Waals surface area contributed by atoms with Crippen molar-refractivity contribution in [2.24, 2.45) is 0 Å². The van der Waals surface area contributed by atoms with E-state index in [-0.39, 0.29) is 11.2 Å². The van der Waals surface area contributed by atoms with Gasteiger partial charge in [0.1, 0.15) is 6.33 Å². The Bertz CT molecular complexity index is 1110. The molecule has 1 aliphatic heterocycles. The summed E-state index contributed by atoms with van der Waals surface area (Å²) in [6.07, 6.45) is 2.61. The van der Waals surface area contributed by atoms with Crippen molar-refractivity contribution >= 4 is 34.4 Å². The molecule has 5 rings (SSSR count). The van der Waals surface area contributed by atoms with Gasteiger partial charge in [0.25, 0.3) is 0 Å². The topological polar surface area (TPSA) is 46.9 Å². The van der Waals surface area contributed by atoms with Crippen molar-refractivity contribution in [3.05, 3.63) is 84.7 Å². The molecule has 1 atom stereocenters. The van der Waals surface area contributed by atoms with E-state index in [0.29, 0.717) is 0 Å². The number of carbonyl (C=O) groups is 1. The first-order chi connectivity index (χ1) is 13.3. The van der Waals surface area contributed by atoms with Gasteiger partial charge in [-0.2, -0.15) is 0 Å². The second-order valence-electron chi connectivity index (χ2n) is 6.56. The first-order valence-corrected chi connectivity index (χ1v) is 9.74. The molecule has 4 aromatic rings. The number of nitrogens with zero attached hydrogens (tertiary/aromatic N) is 2. The Kier molecular flexibility index (Phi) is 3.94. The summed E-state index contributed by atoms with van der Waals surface area (Å²) >= 11 is 1.64. The predicted molar refractivity (Wildman–Crippen MR) is 109 cm³/mol. The zero-order valence-corrected chi connectivity index (χ0v) is 15.3. The molecule has 0 radical (unpaired) electrons. The molecule has 1 aliphatic rings. The van der Waals surface area contributed by atoms with E-state index in [1.807, 2.05) is 71.6 Å². The average Bonchev–Trinajstić information content (AvgIpc) is 3.33. The highest BCUT2D eigenvalue weighted by Gasteiger charge is 2.27. The van der Waals surface area contributed by atoms with E-state index in [1.54, 1.807) is 11.8 Å². The number of hydrogen-bond donors (Lipinski definition) is 1. The molecule has 3 aromatic carbocycles. The van der Waals surface area contributed by atoms with Gasteiger partial charge in [0.15, 0.2) is 0 Å². The molecule has 0 spiro atoms. The summed E-state index contributed by atoms with van der Waals surface area (Å²) in [4.78, 5) is 18.3. The molecule has 27 heavy (non-hydrogen) atoms. The molecule has 0 aliphatic carbocycles. The smallest absolute Gasteiger partial charge is 0.238 e. The minimum Gasteiger partial charge on any atom is -0.325 e. The lowest BCUT2D eigenvalue weighted by molar-refractivity contribution is -0.115. The van der Waals surface area contributed by atoms with Crippen molar-refractivity contribution in [2.75, 3.05) is 5.32 Å². The van der Waals surface area contributed by atoms with Crippen LogP contribution < -0.4 is 5.32 Å². The highest BCUT2D eigenvalue weighted by Crippen LogP contribution is 2.37. The number of amides is 1. The van der Waals surface area contributed by atoms with Gasteiger partial charge in [-0.25, -0.2) is 4.98 Å². The number of benzene rings is 3. The van der Waals surface area contributed by atoms with Crippen molar-refractivity contribution in [3.8, 4) is 5.69 Å². The van der Waals surface area contributed by atoms with Gasteiger partial charge in [-0.05, 0) is 54.4 Å². The molecule has 1 N–H and O–H groups in total. The zero-order chi connectivity index (χ0) is 18.2. The van der Waals surface area contributed by atoms with Gasteiger partial charge >= 0.3 is 0 Å². The number of para-hydroxylation sites is 2. The number of imidazole rings is 1. The Morgan fingerprint density at radius 1 is 1.00 bits per heavy atom. The van der Waals surface area contributed by atoms with Gasteiger partial charge in [-0.3, -0.25) is 9.36 Å². The monoisotopic (exact) mass is 371 g/mol. The lowest BCUT2D eigenvalue weighted by Gasteiger charge is -2.11. The van der Waals surface area contributed by atoms with E-state index in [1.165, 1.54) is 10.5 Å². The van der Waals surface area contributed by atoms with Crippen LogP contribution in [0.3, 0.4) is 0 Å². The number of fused-ring (bicyclic) bond motifs is 2. The molecular weight excluding hydrogens is 354 g/mol. The van der Waals surface area contributed by atoms with Crippen LogP contribution in [-0.2, 0) is 11.2 Å². The molecule has 0 saturated heterocycles. The Balaban J connectivity index is 1.32. The minimum absolute atomic E-state index is 0.0528. The standard InChI is InChI=1S/C22H17N3OS/c26-22(21-13-15-5-1-4-8-20(15)27-21)24-16-9-11-17(12-10-16)25-14-23-18-6-2-3-7-19(18)25/h1-12,14,21H,13H2,(H,24,26). The Morgan fingerprint density at radius 3 is 2.63 bits per heavy atom. The summed E-state index contributed by atoms with van der Waals surface area (Å²) < 4.78 is 2.05. The fourth-order valence-electron chi connectivity index (χ4n) is 3.42. The van der Waals surface area contributed by atoms with Crippen LogP contribution in [0.25, 0.3) is 16.7 Å². The maximum absolute atomic E-state index is 12.6. The maximum atomic E-state index is 12.6. The SMILES string of the molecule is O=C(Nc1ccc(-n2cnc3ccccc32)cc1)C1Cc2ccccc2S1. The zero-order valence-electron chi connectivity index (χ0n) is 14.5. The van der Waals surface area contributed by atoms with Crippen LogP contribution in [0.2, 0.25) is 0 Å². The summed E-state index contributed by atoms with van der Waals surface area (Å²) in [7, 11) is 0. The molecule has 1 unspecified atom stereocenters. The summed E-state index contributed by atoms with van der Waals surface area (Å²) in [5.74, 6) is 0.0528. The summed E-state index contributed by atoms with van der Waals surface area (Å²) in [6, 6.07) is 24.1. The van der Waals surface area contributed by atoms with Gasteiger partial charge in [-0.1, -0.05) is 30.3 Å². The van der Waals surface area contributed by atoms with E-state index in [0.717, 1.165) is 28.8 Å². The third-order valence-electron chi connectivity index (χ3n) is 4.81. The number of hydrogen-bond acceptors (Lipinski definition) is 3. The van der Waals surface area contributed by atoms with Gasteiger partial charge in [0.2, 0.25) is 5.91 Å². The second kappa shape index (κ2) is 6.59. The summed E-state index contributed by atoms with van der Waals surface area (Å²) in [5, 5.41) is 2.97. The van der Waals surface area contributed by atoms with Gasteiger partial charge in [0.05, 0.1) is 16.3 Å². The van der Waals surface area contributed by atoms with E-state index < -0.39 is 0 Å². The fraction of sp³-hybridized carbons (Fsp3) is 0.0909. The van der Waals surface area contributed by atoms with Crippen molar-refractivity contribution in [1.82, 2.24) is 9.55 Å². The van der Waals surface area contributed by atoms with Gasteiger partial charge in [0, 0.05) is 16.3 Å². The highest BCUT2D eigenvalue weighted by atomic mass is 32.2. The van der Waals surface area contributed by atoms with Crippen LogP contribution in [0, 0.1) is 0 Å². The first-order valence-electron chi connectivity index (χ1n) is 8.86. The Hall–Kier alpha value is -3.05. The molecule has 0 bridgehead atoms. The van der Waals surface area contributed by atoms with E-state index in [9.17, 15) is 4.79 Å². The molecule has 132 valence electrons. The predicted octanol–water partition coefficient (Wildman–Crippen LogP) is 4.68. The number of nitrogens with one attached hydrogen (secondary N) is 1. The number of anilines is 1. The number of rotatable bonds is 3. The van der Waals surface area contributed by atoms with Crippen LogP contribution >= 0.6 is 11.8 Å². The maximum Gasteiger partial charge on any atom is 0.238 e. The van der Waals surface area contributed by atoms with Gasteiger partial charge < -0.3 is 5.32 Å². The van der Waals surface area contributed by atoms with Crippen LogP contribution in [0.15, 0.2) is 84.0 Å². The second-order valence-corrected chi connectivity index (χ2v) is 7.80. The fourth-order valence-corrected chi connectivity index (χ4v) is 4.62. The minimum atomic E-state index is -0.0698. The van der Waals surface area contributed by atoms with E-state index >= 15 is 0 Å². The first kappa shape index (κ1) is 16.1. The van der Waals surface area contributed by atoms with Gasteiger partial charge in [-0.15, -0.1) is 11.8 Å². The molecule has 4 nitrogen and oxygen atoms in total. The van der Waals surface area contributed by atoms with Crippen LogP contribution in [0.1, 0.15) is 5.56 Å². The van der Waals surface area contributed by atoms with Crippen molar-refractivity contribution < 1.29 is 4.79 Å². The van der Waals surface area contributed by atoms with E-state index in [2.05, 4.69) is 22.4 Å². The molecule has 1 amide bonds. The molecule has 0 fully saturated rings. The third kappa shape index (κ3) is 3.00. The van der Waals surface area contributed by atoms with E-state index in [4.69, 9.17) is 0 Å². The highest BCUT2D eigenvalue weighted by molar-refractivity contribution is 8.01. The number of thioether (sulfide) groups is 1. The van der Waals surface area contributed by atoms with Crippen molar-refractivity contribution in [1.29, 1.82) is 0 Å². The summed E-state index contributed by atoms with van der Waals surface area (Å²) in [6.45, 7) is 0. The van der Waals surface area contributed by atoms with Crippen LogP contribution in [-0.4, -0.2) is 20.7 Å². The third-order valence-corrected chi connectivity index (χ3v) is 6.12. The molecule has 5 heteroatoms. The average molecular weight is 371 g/mol. The lowest BCUT2D eigenvalue weighted by atomic mass is 10.1.